The van der Waals surface area contributed by atoms with Gasteiger partial charge in [0, 0.05) is 29.8 Å². The van der Waals surface area contributed by atoms with Crippen LogP contribution in [0.1, 0.15) is 11.3 Å². The van der Waals surface area contributed by atoms with Gasteiger partial charge in [-0.25, -0.2) is 4.39 Å². The van der Waals surface area contributed by atoms with E-state index in [0.717, 1.165) is 44.9 Å². The quantitative estimate of drug-likeness (QED) is 0.480. The fraction of sp³-hybridized carbons (Fsp3) is 0.217. The van der Waals surface area contributed by atoms with Crippen molar-refractivity contribution in [3.8, 4) is 22.8 Å². The molecule has 2 heterocycles. The van der Waals surface area contributed by atoms with Crippen molar-refractivity contribution in [3.05, 3.63) is 71.8 Å². The molecule has 4 aromatic rings. The molecule has 2 aromatic heterocycles. The van der Waals surface area contributed by atoms with Gasteiger partial charge in [0.1, 0.15) is 17.3 Å². The van der Waals surface area contributed by atoms with E-state index in [1.54, 1.807) is 20.3 Å². The Morgan fingerprint density at radius 3 is 2.36 bits per heavy atom. The number of benzene rings is 2. The Morgan fingerprint density at radius 2 is 1.68 bits per heavy atom. The second-order valence-corrected chi connectivity index (χ2v) is 6.97. The minimum Gasteiger partial charge on any atom is -0.496 e. The van der Waals surface area contributed by atoms with Crippen molar-refractivity contribution in [3.63, 3.8) is 0 Å². The van der Waals surface area contributed by atoms with Gasteiger partial charge in [-0.05, 0) is 55.0 Å². The number of methoxy groups -OCH3 is 2. The summed E-state index contributed by atoms with van der Waals surface area (Å²) >= 11 is 0. The molecular weight excluding hydrogens is 355 g/mol. The molecule has 0 N–H and O–H groups in total. The Morgan fingerprint density at radius 1 is 0.964 bits per heavy atom. The van der Waals surface area contributed by atoms with Gasteiger partial charge in [0.05, 0.1) is 32.0 Å². The number of aryl methyl sites for hydroxylation is 2. The molecule has 0 atom stereocenters. The molecule has 0 unspecified atom stereocenters. The van der Waals surface area contributed by atoms with Crippen molar-refractivity contribution in [1.29, 1.82) is 0 Å². The maximum atomic E-state index is 13.6. The monoisotopic (exact) mass is 378 g/mol. The predicted molar refractivity (Wildman–Crippen MR) is 110 cm³/mol. The van der Waals surface area contributed by atoms with E-state index in [2.05, 4.69) is 28.3 Å². The molecule has 0 aliphatic heterocycles. The van der Waals surface area contributed by atoms with Gasteiger partial charge in [0.15, 0.2) is 0 Å². The molecule has 0 aliphatic rings. The van der Waals surface area contributed by atoms with E-state index in [1.165, 1.54) is 6.07 Å². The van der Waals surface area contributed by atoms with E-state index in [4.69, 9.17) is 9.47 Å². The minimum atomic E-state index is -0.221. The molecule has 0 fully saturated rings. The summed E-state index contributed by atoms with van der Waals surface area (Å²) in [5, 5.41) is 0.901. The number of hydrogen-bond donors (Lipinski definition) is 0. The zero-order valence-corrected chi connectivity index (χ0v) is 16.5. The van der Waals surface area contributed by atoms with E-state index in [1.807, 2.05) is 37.4 Å². The molecule has 4 nitrogen and oxygen atoms in total. The third-order valence-electron chi connectivity index (χ3n) is 5.15. The third kappa shape index (κ3) is 3.03. The molecular formula is C23H23FN2O2. The van der Waals surface area contributed by atoms with Crippen molar-refractivity contribution in [2.75, 3.05) is 14.2 Å². The fourth-order valence-electron chi connectivity index (χ4n) is 3.81. The fourth-order valence-corrected chi connectivity index (χ4v) is 3.81. The Balaban J connectivity index is 1.84. The van der Waals surface area contributed by atoms with Crippen LogP contribution in [-0.4, -0.2) is 23.4 Å². The highest BCUT2D eigenvalue weighted by Crippen LogP contribution is 2.39. The Bertz CT molecular complexity index is 1130. The molecule has 144 valence electrons. The number of fused-ring (bicyclic) bond motifs is 1. The van der Waals surface area contributed by atoms with Crippen molar-refractivity contribution >= 4 is 10.9 Å². The largest absolute Gasteiger partial charge is 0.496 e. The van der Waals surface area contributed by atoms with E-state index in [9.17, 15) is 4.39 Å². The van der Waals surface area contributed by atoms with Crippen LogP contribution >= 0.6 is 0 Å². The molecule has 2 aromatic carbocycles. The molecule has 0 saturated heterocycles. The summed E-state index contributed by atoms with van der Waals surface area (Å²) in [5.74, 6) is 1.30. The predicted octanol–water partition coefficient (Wildman–Crippen LogP) is 5.16. The van der Waals surface area contributed by atoms with Gasteiger partial charge in [-0.3, -0.25) is 0 Å². The van der Waals surface area contributed by atoms with Crippen molar-refractivity contribution in [1.82, 2.24) is 9.13 Å². The maximum Gasteiger partial charge on any atom is 0.131 e. The minimum absolute atomic E-state index is 0.221. The number of rotatable bonds is 5. The lowest BCUT2D eigenvalue weighted by atomic mass is 10.1. The van der Waals surface area contributed by atoms with Gasteiger partial charge in [0.25, 0.3) is 0 Å². The summed E-state index contributed by atoms with van der Waals surface area (Å²) in [5.41, 5.74) is 5.18. The van der Waals surface area contributed by atoms with Crippen LogP contribution in [-0.2, 0) is 13.6 Å². The second-order valence-electron chi connectivity index (χ2n) is 6.97. The number of halogens is 1. The highest BCUT2D eigenvalue weighted by molar-refractivity contribution is 5.81. The lowest BCUT2D eigenvalue weighted by molar-refractivity contribution is 0.396. The maximum absolute atomic E-state index is 13.6. The van der Waals surface area contributed by atoms with Crippen molar-refractivity contribution in [2.45, 2.75) is 13.5 Å². The lowest BCUT2D eigenvalue weighted by Gasteiger charge is -2.16. The first kappa shape index (κ1) is 18.2. The molecule has 0 saturated carbocycles. The first-order valence-corrected chi connectivity index (χ1v) is 9.14. The summed E-state index contributed by atoms with van der Waals surface area (Å²) in [7, 11) is 5.34. The Hall–Kier alpha value is -3.21. The first-order chi connectivity index (χ1) is 13.5. The summed E-state index contributed by atoms with van der Waals surface area (Å²) in [6.45, 7) is 2.72. The number of nitrogens with zero attached hydrogens (tertiary/aromatic N) is 2. The second kappa shape index (κ2) is 7.08. The van der Waals surface area contributed by atoms with Crippen LogP contribution in [0.25, 0.3) is 22.2 Å². The van der Waals surface area contributed by atoms with E-state index >= 15 is 0 Å². The van der Waals surface area contributed by atoms with Gasteiger partial charge in [-0.2, -0.15) is 0 Å². The zero-order valence-electron chi connectivity index (χ0n) is 16.5. The number of ether oxygens (including phenoxy) is 2. The number of hydrogen-bond acceptors (Lipinski definition) is 2. The van der Waals surface area contributed by atoms with Crippen LogP contribution in [0.5, 0.6) is 11.5 Å². The van der Waals surface area contributed by atoms with Crippen LogP contribution < -0.4 is 9.47 Å². The summed E-state index contributed by atoms with van der Waals surface area (Å²) in [4.78, 5) is 0. The Kier molecular flexibility index (Phi) is 4.59. The standard InChI is InChI=1S/C23H23FN2O2/c1-15-10-20(23-21(27-3)6-5-7-22(23)28-4)26(13-15)14-18-12-16-11-17(24)8-9-19(16)25(18)2/h5-13H,14H2,1-4H3. The van der Waals surface area contributed by atoms with E-state index < -0.39 is 0 Å². The van der Waals surface area contributed by atoms with Gasteiger partial charge in [-0.1, -0.05) is 6.07 Å². The SMILES string of the molecule is COc1cccc(OC)c1-c1cc(C)cn1Cc1cc2cc(F)ccc2n1C. The highest BCUT2D eigenvalue weighted by atomic mass is 19.1. The molecule has 4 rings (SSSR count). The van der Waals surface area contributed by atoms with Crippen LogP contribution in [0.15, 0.2) is 54.7 Å². The van der Waals surface area contributed by atoms with Crippen molar-refractivity contribution in [2.24, 2.45) is 7.05 Å². The molecule has 0 spiro atoms. The average molecular weight is 378 g/mol. The van der Waals surface area contributed by atoms with Crippen LogP contribution in [0.4, 0.5) is 4.39 Å². The molecule has 0 aliphatic carbocycles. The molecule has 28 heavy (non-hydrogen) atoms. The van der Waals surface area contributed by atoms with Crippen molar-refractivity contribution < 1.29 is 13.9 Å². The van der Waals surface area contributed by atoms with Gasteiger partial charge in [-0.15, -0.1) is 0 Å². The third-order valence-corrected chi connectivity index (χ3v) is 5.15. The normalized spacial score (nSPS) is 11.2. The molecule has 0 bridgehead atoms. The van der Waals surface area contributed by atoms with Gasteiger partial charge >= 0.3 is 0 Å². The Labute approximate surface area is 163 Å². The van der Waals surface area contributed by atoms with Crippen LogP contribution in [0, 0.1) is 12.7 Å². The summed E-state index contributed by atoms with van der Waals surface area (Å²) in [6.07, 6.45) is 2.11. The van der Waals surface area contributed by atoms with Gasteiger partial charge < -0.3 is 18.6 Å². The molecule has 5 heteroatoms. The molecule has 0 radical (unpaired) electrons. The lowest BCUT2D eigenvalue weighted by Crippen LogP contribution is -2.06. The van der Waals surface area contributed by atoms with Gasteiger partial charge in [0.2, 0.25) is 0 Å². The smallest absolute Gasteiger partial charge is 0.131 e. The first-order valence-electron chi connectivity index (χ1n) is 9.14. The van der Waals surface area contributed by atoms with Crippen LogP contribution in [0.3, 0.4) is 0 Å². The average Bonchev–Trinajstić information content (AvgIpc) is 3.20. The topological polar surface area (TPSA) is 28.3 Å². The molecule has 0 amide bonds. The van der Waals surface area contributed by atoms with Crippen LogP contribution in [0.2, 0.25) is 0 Å². The zero-order chi connectivity index (χ0) is 19.8. The summed E-state index contributed by atoms with van der Waals surface area (Å²) < 4.78 is 29.1. The summed E-state index contributed by atoms with van der Waals surface area (Å²) in [6, 6.07) is 14.8. The van der Waals surface area contributed by atoms with E-state index in [-0.39, 0.29) is 5.82 Å². The number of aromatic nitrogens is 2. The highest BCUT2D eigenvalue weighted by Gasteiger charge is 2.18. The van der Waals surface area contributed by atoms with E-state index in [0.29, 0.717) is 6.54 Å².